The Morgan fingerprint density at radius 1 is 1.05 bits per heavy atom. The Hall–Kier alpha value is -3.04. The van der Waals surface area contributed by atoms with Crippen molar-refractivity contribution in [3.8, 4) is 5.75 Å². The maximum atomic E-state index is 13.0. The second kappa shape index (κ2) is 10.6. The Balaban J connectivity index is 1.06. The van der Waals surface area contributed by atoms with Crippen molar-refractivity contribution in [1.29, 1.82) is 0 Å². The fourth-order valence-electron chi connectivity index (χ4n) is 6.22. The first-order valence-electron chi connectivity index (χ1n) is 13.6. The molecule has 1 aliphatic carbocycles. The number of nitrogens with one attached hydrogen (secondary N) is 1. The van der Waals surface area contributed by atoms with Gasteiger partial charge in [-0.1, -0.05) is 18.0 Å². The van der Waals surface area contributed by atoms with Gasteiger partial charge in [0.05, 0.1) is 5.02 Å². The van der Waals surface area contributed by atoms with E-state index in [0.29, 0.717) is 54.9 Å². The van der Waals surface area contributed by atoms with Gasteiger partial charge in [0.15, 0.2) is 0 Å². The quantitative estimate of drug-likeness (QED) is 0.540. The molecule has 1 N–H and O–H groups in total. The number of rotatable bonds is 7. The second-order valence-corrected chi connectivity index (χ2v) is 11.3. The molecule has 3 atom stereocenters. The first kappa shape index (κ1) is 25.2. The lowest BCUT2D eigenvalue weighted by Crippen LogP contribution is -2.57. The molecule has 3 aliphatic heterocycles. The lowest BCUT2D eigenvalue weighted by atomic mass is 9.86. The number of hydrogen-bond acceptors (Lipinski definition) is 7. The van der Waals surface area contributed by atoms with Crippen LogP contribution in [0.15, 0.2) is 30.6 Å². The molecule has 3 fully saturated rings. The molecule has 3 amide bonds. The third-order valence-electron chi connectivity index (χ3n) is 8.40. The van der Waals surface area contributed by atoms with Gasteiger partial charge in [0.25, 0.3) is 5.91 Å². The van der Waals surface area contributed by atoms with Gasteiger partial charge >= 0.3 is 0 Å². The number of halogens is 1. The predicted octanol–water partition coefficient (Wildman–Crippen LogP) is 3.32. The highest BCUT2D eigenvalue weighted by atomic mass is 35.5. The molecule has 4 aliphatic rings. The van der Waals surface area contributed by atoms with Gasteiger partial charge in [0.2, 0.25) is 11.8 Å². The SMILES string of the molecule is O=C1CCC(CCN2Cc3cc(O[C@H]4CCCC[C@@H]4N4CC(c5ncc(Cl)cn5)C4)ccc3C2=O)C(=O)N1. The average Bonchev–Trinajstić information content (AvgIpc) is 3.19. The van der Waals surface area contributed by atoms with Crippen LogP contribution in [0.25, 0.3) is 0 Å². The normalized spacial score (nSPS) is 26.2. The van der Waals surface area contributed by atoms with Gasteiger partial charge in [-0.3, -0.25) is 24.6 Å². The molecular formula is C28H32ClN5O4. The van der Waals surface area contributed by atoms with Crippen molar-refractivity contribution in [3.63, 3.8) is 0 Å². The first-order chi connectivity index (χ1) is 18.4. The summed E-state index contributed by atoms with van der Waals surface area (Å²) in [6, 6.07) is 6.14. The third kappa shape index (κ3) is 5.14. The van der Waals surface area contributed by atoms with Crippen LogP contribution in [0.4, 0.5) is 0 Å². The molecule has 38 heavy (non-hydrogen) atoms. The Morgan fingerprint density at radius 2 is 1.84 bits per heavy atom. The largest absolute Gasteiger partial charge is 0.489 e. The summed E-state index contributed by atoms with van der Waals surface area (Å²) in [5, 5.41) is 2.95. The van der Waals surface area contributed by atoms with E-state index < -0.39 is 0 Å². The molecule has 1 saturated carbocycles. The van der Waals surface area contributed by atoms with Crippen molar-refractivity contribution in [2.75, 3.05) is 19.6 Å². The van der Waals surface area contributed by atoms with E-state index in [0.717, 1.165) is 49.5 Å². The zero-order chi connectivity index (χ0) is 26.2. The monoisotopic (exact) mass is 537 g/mol. The molecule has 6 rings (SSSR count). The minimum Gasteiger partial charge on any atom is -0.489 e. The number of amides is 3. The summed E-state index contributed by atoms with van der Waals surface area (Å²) in [7, 11) is 0. The van der Waals surface area contributed by atoms with Crippen LogP contribution in [0.2, 0.25) is 5.02 Å². The van der Waals surface area contributed by atoms with Gasteiger partial charge in [-0.25, -0.2) is 9.97 Å². The molecular weight excluding hydrogens is 506 g/mol. The molecule has 200 valence electrons. The molecule has 2 saturated heterocycles. The Bertz CT molecular complexity index is 1230. The summed E-state index contributed by atoms with van der Waals surface area (Å²) in [6.45, 7) is 2.86. The minimum absolute atomic E-state index is 0.00886. The molecule has 2 aromatic rings. The molecule has 1 aromatic carbocycles. The highest BCUT2D eigenvalue weighted by Gasteiger charge is 2.40. The number of hydrogen-bond donors (Lipinski definition) is 1. The number of nitrogens with zero attached hydrogens (tertiary/aromatic N) is 4. The van der Waals surface area contributed by atoms with E-state index in [9.17, 15) is 14.4 Å². The molecule has 0 spiro atoms. The molecule has 0 bridgehead atoms. The van der Waals surface area contributed by atoms with E-state index >= 15 is 0 Å². The number of imide groups is 1. The fraction of sp³-hybridized carbons (Fsp3) is 0.536. The zero-order valence-electron chi connectivity index (χ0n) is 21.3. The van der Waals surface area contributed by atoms with E-state index in [4.69, 9.17) is 16.3 Å². The molecule has 1 aromatic heterocycles. The number of ether oxygens (including phenoxy) is 1. The van der Waals surface area contributed by atoms with Crippen LogP contribution in [-0.4, -0.2) is 69.3 Å². The number of fused-ring (bicyclic) bond motifs is 1. The summed E-state index contributed by atoms with van der Waals surface area (Å²) >= 11 is 5.93. The highest BCUT2D eigenvalue weighted by Crippen LogP contribution is 2.35. The van der Waals surface area contributed by atoms with Crippen molar-refractivity contribution >= 4 is 29.3 Å². The maximum absolute atomic E-state index is 13.0. The summed E-state index contributed by atoms with van der Waals surface area (Å²) in [4.78, 5) is 49.5. The zero-order valence-corrected chi connectivity index (χ0v) is 22.0. The molecule has 10 heteroatoms. The van der Waals surface area contributed by atoms with Crippen molar-refractivity contribution in [3.05, 3.63) is 52.6 Å². The molecule has 0 radical (unpaired) electrons. The average molecular weight is 538 g/mol. The number of benzene rings is 1. The van der Waals surface area contributed by atoms with Gasteiger partial charge in [0.1, 0.15) is 17.7 Å². The summed E-state index contributed by atoms with van der Waals surface area (Å²) in [5.74, 6) is 1.31. The van der Waals surface area contributed by atoms with E-state index in [1.807, 2.05) is 18.2 Å². The van der Waals surface area contributed by atoms with E-state index in [1.165, 1.54) is 6.42 Å². The Morgan fingerprint density at radius 3 is 2.63 bits per heavy atom. The Kier molecular flexibility index (Phi) is 7.05. The number of carbonyl (C=O) groups excluding carboxylic acids is 3. The van der Waals surface area contributed by atoms with Crippen LogP contribution in [0, 0.1) is 5.92 Å². The van der Waals surface area contributed by atoms with Crippen molar-refractivity contribution in [1.82, 2.24) is 25.1 Å². The van der Waals surface area contributed by atoms with Crippen LogP contribution >= 0.6 is 11.6 Å². The molecule has 1 unspecified atom stereocenters. The van der Waals surface area contributed by atoms with Crippen LogP contribution in [-0.2, 0) is 16.1 Å². The fourth-order valence-corrected chi connectivity index (χ4v) is 6.32. The number of likely N-dealkylation sites (tertiary alicyclic amines) is 1. The van der Waals surface area contributed by atoms with Crippen LogP contribution in [0.3, 0.4) is 0 Å². The maximum Gasteiger partial charge on any atom is 0.254 e. The third-order valence-corrected chi connectivity index (χ3v) is 8.59. The highest BCUT2D eigenvalue weighted by molar-refractivity contribution is 6.30. The number of carbonyl (C=O) groups is 3. The van der Waals surface area contributed by atoms with Crippen LogP contribution in [0.1, 0.15) is 72.6 Å². The lowest BCUT2D eigenvalue weighted by molar-refractivity contribution is -0.136. The summed E-state index contributed by atoms with van der Waals surface area (Å²) < 4.78 is 6.55. The van der Waals surface area contributed by atoms with Crippen LogP contribution in [0.5, 0.6) is 5.75 Å². The van der Waals surface area contributed by atoms with Crippen molar-refractivity contribution in [2.24, 2.45) is 5.92 Å². The molecule has 4 heterocycles. The van der Waals surface area contributed by atoms with Gasteiger partial charge in [-0.2, -0.15) is 0 Å². The first-order valence-corrected chi connectivity index (χ1v) is 14.0. The van der Waals surface area contributed by atoms with Crippen molar-refractivity contribution in [2.45, 2.75) is 69.6 Å². The topological polar surface area (TPSA) is 105 Å². The number of piperidine rings is 1. The minimum atomic E-state index is -0.225. The van der Waals surface area contributed by atoms with Gasteiger partial charge in [-0.05, 0) is 55.9 Å². The Labute approximate surface area is 226 Å². The van der Waals surface area contributed by atoms with Crippen molar-refractivity contribution < 1.29 is 19.1 Å². The molecule has 9 nitrogen and oxygen atoms in total. The van der Waals surface area contributed by atoms with E-state index in [2.05, 4.69) is 20.2 Å². The summed E-state index contributed by atoms with van der Waals surface area (Å²) in [5.41, 5.74) is 1.67. The van der Waals surface area contributed by atoms with E-state index in [1.54, 1.807) is 17.3 Å². The van der Waals surface area contributed by atoms with Gasteiger partial charge < -0.3 is 9.64 Å². The second-order valence-electron chi connectivity index (χ2n) is 10.9. The lowest BCUT2D eigenvalue weighted by Gasteiger charge is -2.47. The predicted molar refractivity (Wildman–Crippen MR) is 140 cm³/mol. The van der Waals surface area contributed by atoms with E-state index in [-0.39, 0.29) is 29.7 Å². The summed E-state index contributed by atoms with van der Waals surface area (Å²) in [6.07, 6.45) is 9.36. The number of aromatic nitrogens is 2. The standard InChI is InChI=1S/C28H32ClN5O4/c29-20-12-30-26(31-13-20)19-15-34(16-19)23-3-1-2-4-24(23)38-21-6-7-22-18(11-21)14-33(28(22)37)10-9-17-5-8-25(35)32-27(17)36/h6-7,11-13,17,19,23-24H,1-5,8-10,14-16H2,(H,32,35,36)/t17?,23-,24-/m0/s1. The smallest absolute Gasteiger partial charge is 0.254 e. The van der Waals surface area contributed by atoms with Gasteiger partial charge in [0, 0.05) is 68.4 Å². The van der Waals surface area contributed by atoms with Crippen LogP contribution < -0.4 is 10.1 Å². The van der Waals surface area contributed by atoms with Gasteiger partial charge in [-0.15, -0.1) is 0 Å².